The first-order valence-electron chi connectivity index (χ1n) is 6.00. The normalized spacial score (nSPS) is 13.9. The van der Waals surface area contributed by atoms with Crippen molar-refractivity contribution < 1.29 is 15.0 Å². The van der Waals surface area contributed by atoms with Crippen LogP contribution in [0.25, 0.3) is 0 Å². The summed E-state index contributed by atoms with van der Waals surface area (Å²) in [7, 11) is 0. The van der Waals surface area contributed by atoms with Crippen LogP contribution in [0.15, 0.2) is 18.2 Å². The van der Waals surface area contributed by atoms with Crippen molar-refractivity contribution in [3.63, 3.8) is 0 Å². The molecule has 5 nitrogen and oxygen atoms in total. The zero-order valence-corrected chi connectivity index (χ0v) is 10.7. The quantitative estimate of drug-likeness (QED) is 0.585. The minimum absolute atomic E-state index is 0.0942. The van der Waals surface area contributed by atoms with Crippen LogP contribution in [0.4, 0.5) is 0 Å². The van der Waals surface area contributed by atoms with Crippen molar-refractivity contribution in [1.29, 1.82) is 0 Å². The van der Waals surface area contributed by atoms with Crippen LogP contribution < -0.4 is 11.1 Å². The number of phenolic OH excluding ortho intramolecular Hbond substituents is 2. The van der Waals surface area contributed by atoms with Gasteiger partial charge in [0.05, 0.1) is 6.04 Å². The van der Waals surface area contributed by atoms with E-state index in [0.29, 0.717) is 12.0 Å². The zero-order chi connectivity index (χ0) is 13.7. The molecule has 1 rings (SSSR count). The molecule has 0 saturated carbocycles. The Bertz CT molecular complexity index is 421. The first-order valence-corrected chi connectivity index (χ1v) is 6.00. The summed E-state index contributed by atoms with van der Waals surface area (Å²) in [5.41, 5.74) is 6.49. The Kier molecular flexibility index (Phi) is 4.97. The average molecular weight is 252 g/mol. The van der Waals surface area contributed by atoms with Crippen molar-refractivity contribution in [2.75, 3.05) is 0 Å². The van der Waals surface area contributed by atoms with Crippen LogP contribution in [0, 0.1) is 0 Å². The first-order chi connectivity index (χ1) is 8.43. The third-order valence-corrected chi connectivity index (χ3v) is 2.83. The topological polar surface area (TPSA) is 95.6 Å². The smallest absolute Gasteiger partial charge is 0.237 e. The van der Waals surface area contributed by atoms with Gasteiger partial charge in [0.1, 0.15) is 0 Å². The monoisotopic (exact) mass is 252 g/mol. The minimum atomic E-state index is -0.664. The summed E-state index contributed by atoms with van der Waals surface area (Å²) in [6.45, 7) is 3.89. The van der Waals surface area contributed by atoms with E-state index in [1.165, 1.54) is 12.1 Å². The van der Waals surface area contributed by atoms with Gasteiger partial charge in [-0.2, -0.15) is 0 Å². The molecule has 18 heavy (non-hydrogen) atoms. The van der Waals surface area contributed by atoms with Gasteiger partial charge in [0.15, 0.2) is 11.5 Å². The second-order valence-electron chi connectivity index (χ2n) is 4.45. The SMILES string of the molecule is CCC(C)NC(=O)[C@@H](N)Cc1ccc(O)c(O)c1. The molecule has 0 fully saturated rings. The fourth-order valence-electron chi connectivity index (χ4n) is 1.49. The Morgan fingerprint density at radius 2 is 2.06 bits per heavy atom. The molecule has 0 heterocycles. The van der Waals surface area contributed by atoms with E-state index in [9.17, 15) is 15.0 Å². The number of hydrogen-bond donors (Lipinski definition) is 4. The Hall–Kier alpha value is -1.75. The van der Waals surface area contributed by atoms with Gasteiger partial charge in [-0.1, -0.05) is 13.0 Å². The van der Waals surface area contributed by atoms with E-state index in [1.807, 2.05) is 13.8 Å². The molecule has 1 aromatic carbocycles. The molecular formula is C13H20N2O3. The largest absolute Gasteiger partial charge is 0.504 e. The number of phenols is 2. The lowest BCUT2D eigenvalue weighted by atomic mass is 10.0. The standard InChI is InChI=1S/C13H20N2O3/c1-3-8(2)15-13(18)10(14)6-9-4-5-11(16)12(17)7-9/h4-5,7-8,10,16-17H,3,6,14H2,1-2H3,(H,15,18)/t8?,10-/m0/s1. The van der Waals surface area contributed by atoms with Crippen molar-refractivity contribution in [2.45, 2.75) is 38.8 Å². The second kappa shape index (κ2) is 6.26. The number of nitrogens with one attached hydrogen (secondary N) is 1. The van der Waals surface area contributed by atoms with Crippen LogP contribution in [0.2, 0.25) is 0 Å². The van der Waals surface area contributed by atoms with Crippen LogP contribution in [-0.4, -0.2) is 28.2 Å². The molecule has 1 unspecified atom stereocenters. The lowest BCUT2D eigenvalue weighted by Gasteiger charge is -2.16. The Labute approximate surface area is 107 Å². The maximum atomic E-state index is 11.7. The highest BCUT2D eigenvalue weighted by atomic mass is 16.3. The van der Waals surface area contributed by atoms with Crippen LogP contribution in [0.5, 0.6) is 11.5 Å². The number of hydrogen-bond acceptors (Lipinski definition) is 4. The molecule has 5 heteroatoms. The molecule has 0 aliphatic carbocycles. The van der Waals surface area contributed by atoms with Gasteiger partial charge in [-0.25, -0.2) is 0 Å². The lowest BCUT2D eigenvalue weighted by molar-refractivity contribution is -0.122. The minimum Gasteiger partial charge on any atom is -0.504 e. The van der Waals surface area contributed by atoms with Gasteiger partial charge in [0, 0.05) is 6.04 Å². The number of aromatic hydroxyl groups is 2. The van der Waals surface area contributed by atoms with E-state index in [4.69, 9.17) is 5.73 Å². The summed E-state index contributed by atoms with van der Waals surface area (Å²) in [5.74, 6) is -0.602. The molecule has 0 radical (unpaired) electrons. The van der Waals surface area contributed by atoms with E-state index < -0.39 is 6.04 Å². The third-order valence-electron chi connectivity index (χ3n) is 2.83. The van der Waals surface area contributed by atoms with Crippen molar-refractivity contribution >= 4 is 5.91 Å². The number of carbonyl (C=O) groups is 1. The van der Waals surface area contributed by atoms with E-state index in [0.717, 1.165) is 6.42 Å². The summed E-state index contributed by atoms with van der Waals surface area (Å²) in [6, 6.07) is 3.85. The number of amides is 1. The van der Waals surface area contributed by atoms with Crippen LogP contribution in [0.1, 0.15) is 25.8 Å². The van der Waals surface area contributed by atoms with Crippen molar-refractivity contribution in [1.82, 2.24) is 5.32 Å². The molecule has 5 N–H and O–H groups in total. The Balaban J connectivity index is 2.60. The summed E-state index contributed by atoms with van der Waals surface area (Å²) in [6.07, 6.45) is 1.16. The van der Waals surface area contributed by atoms with Gasteiger partial charge in [-0.3, -0.25) is 4.79 Å². The Morgan fingerprint density at radius 1 is 1.39 bits per heavy atom. The highest BCUT2D eigenvalue weighted by Crippen LogP contribution is 2.25. The maximum Gasteiger partial charge on any atom is 0.237 e. The van der Waals surface area contributed by atoms with E-state index in [1.54, 1.807) is 6.07 Å². The molecule has 100 valence electrons. The van der Waals surface area contributed by atoms with Crippen molar-refractivity contribution in [3.05, 3.63) is 23.8 Å². The number of nitrogens with two attached hydrogens (primary N) is 1. The van der Waals surface area contributed by atoms with E-state index in [2.05, 4.69) is 5.32 Å². The number of benzene rings is 1. The predicted molar refractivity (Wildman–Crippen MR) is 69.3 cm³/mol. The molecule has 0 aliphatic rings. The van der Waals surface area contributed by atoms with Crippen LogP contribution in [-0.2, 0) is 11.2 Å². The van der Waals surface area contributed by atoms with Gasteiger partial charge >= 0.3 is 0 Å². The maximum absolute atomic E-state index is 11.7. The van der Waals surface area contributed by atoms with Gasteiger partial charge in [0.2, 0.25) is 5.91 Å². The molecule has 1 aromatic rings. The average Bonchev–Trinajstić information content (AvgIpc) is 2.33. The highest BCUT2D eigenvalue weighted by molar-refractivity contribution is 5.82. The zero-order valence-electron chi connectivity index (χ0n) is 10.7. The Morgan fingerprint density at radius 3 is 2.61 bits per heavy atom. The summed E-state index contributed by atoms with van der Waals surface area (Å²) < 4.78 is 0. The number of carbonyl (C=O) groups excluding carboxylic acids is 1. The predicted octanol–water partition coefficient (Wildman–Crippen LogP) is 0.882. The van der Waals surface area contributed by atoms with Crippen molar-refractivity contribution in [3.8, 4) is 11.5 Å². The summed E-state index contributed by atoms with van der Waals surface area (Å²) in [4.78, 5) is 11.7. The molecule has 0 bridgehead atoms. The molecule has 0 aromatic heterocycles. The van der Waals surface area contributed by atoms with Gasteiger partial charge < -0.3 is 21.3 Å². The first kappa shape index (κ1) is 14.3. The second-order valence-corrected chi connectivity index (χ2v) is 4.45. The molecule has 0 spiro atoms. The lowest BCUT2D eigenvalue weighted by Crippen LogP contribution is -2.45. The van der Waals surface area contributed by atoms with Crippen LogP contribution in [0.3, 0.4) is 0 Å². The number of rotatable bonds is 5. The molecule has 2 atom stereocenters. The van der Waals surface area contributed by atoms with Gasteiger partial charge in [-0.15, -0.1) is 0 Å². The molecule has 0 saturated heterocycles. The van der Waals surface area contributed by atoms with Gasteiger partial charge in [-0.05, 0) is 37.5 Å². The third kappa shape index (κ3) is 3.92. The van der Waals surface area contributed by atoms with E-state index in [-0.39, 0.29) is 23.4 Å². The van der Waals surface area contributed by atoms with Gasteiger partial charge in [0.25, 0.3) is 0 Å². The van der Waals surface area contributed by atoms with Crippen molar-refractivity contribution in [2.24, 2.45) is 5.73 Å². The fraction of sp³-hybridized carbons (Fsp3) is 0.462. The molecular weight excluding hydrogens is 232 g/mol. The fourth-order valence-corrected chi connectivity index (χ4v) is 1.49. The summed E-state index contributed by atoms with van der Waals surface area (Å²) >= 11 is 0. The molecule has 1 amide bonds. The van der Waals surface area contributed by atoms with E-state index >= 15 is 0 Å². The highest BCUT2D eigenvalue weighted by Gasteiger charge is 2.16. The molecule has 0 aliphatic heterocycles. The summed E-state index contributed by atoms with van der Waals surface area (Å²) in [5, 5.41) is 21.3. The van der Waals surface area contributed by atoms with Crippen LogP contribution >= 0.6 is 0 Å².